The highest BCUT2D eigenvalue weighted by Gasteiger charge is 2.43. The van der Waals surface area contributed by atoms with Crippen LogP contribution in [0, 0.1) is 0 Å². The molecule has 2 aliphatic heterocycles. The van der Waals surface area contributed by atoms with Gasteiger partial charge in [0, 0.05) is 13.1 Å². The average Bonchev–Trinajstić information content (AvgIpc) is 3.53. The number of ether oxygens (including phenoxy) is 1. The first kappa shape index (κ1) is 23.3. The van der Waals surface area contributed by atoms with Gasteiger partial charge in [0.1, 0.15) is 12.6 Å². The van der Waals surface area contributed by atoms with Crippen LogP contribution >= 0.6 is 0 Å². The molecule has 1 unspecified atom stereocenters. The van der Waals surface area contributed by atoms with Crippen LogP contribution in [0.2, 0.25) is 0 Å². The fraction of sp³-hybridized carbons (Fsp3) is 0.400. The van der Waals surface area contributed by atoms with Crippen LogP contribution in [0.15, 0.2) is 65.6 Å². The van der Waals surface area contributed by atoms with Crippen LogP contribution in [0.25, 0.3) is 0 Å². The number of hydrogen-bond donors (Lipinski definition) is 0. The smallest absolute Gasteiger partial charge is 0.410 e. The Kier molecular flexibility index (Phi) is 7.67. The van der Waals surface area contributed by atoms with Crippen LogP contribution < -0.4 is 0 Å². The van der Waals surface area contributed by atoms with Crippen LogP contribution in [-0.4, -0.2) is 63.1 Å². The summed E-state index contributed by atoms with van der Waals surface area (Å²) in [6.07, 6.45) is 2.02. The second kappa shape index (κ2) is 10.9. The van der Waals surface area contributed by atoms with Gasteiger partial charge in [0.05, 0.1) is 6.04 Å². The Labute approximate surface area is 196 Å². The Morgan fingerprint density at radius 1 is 0.879 bits per heavy atom. The van der Waals surface area contributed by atoms with E-state index in [9.17, 15) is 18.9 Å². The molecule has 2 saturated heterocycles. The van der Waals surface area contributed by atoms with E-state index >= 15 is 0 Å². The Morgan fingerprint density at radius 3 is 2.18 bits per heavy atom. The molecule has 3 atom stereocenters. The Balaban J connectivity index is 1.37. The van der Waals surface area contributed by atoms with E-state index in [1.165, 1.54) is 4.90 Å². The topological polar surface area (TPSA) is 90.0 Å². The summed E-state index contributed by atoms with van der Waals surface area (Å²) in [6.45, 7) is 1.07. The summed E-state index contributed by atoms with van der Waals surface area (Å²) in [5, 5.41) is 0. The van der Waals surface area contributed by atoms with Gasteiger partial charge in [0.15, 0.2) is 10.6 Å². The van der Waals surface area contributed by atoms with E-state index in [1.54, 1.807) is 29.2 Å². The van der Waals surface area contributed by atoms with Gasteiger partial charge < -0.3 is 14.2 Å². The van der Waals surface area contributed by atoms with Gasteiger partial charge in [-0.1, -0.05) is 48.5 Å². The minimum Gasteiger partial charge on any atom is -0.611 e. The van der Waals surface area contributed by atoms with Crippen molar-refractivity contribution in [2.45, 2.75) is 49.3 Å². The molecule has 2 amide bonds. The van der Waals surface area contributed by atoms with Gasteiger partial charge in [-0.2, -0.15) is 0 Å². The highest BCUT2D eigenvalue weighted by molar-refractivity contribution is 7.92. The molecule has 33 heavy (non-hydrogen) atoms. The van der Waals surface area contributed by atoms with Crippen LogP contribution in [0.3, 0.4) is 0 Å². The largest absolute Gasteiger partial charge is 0.611 e. The number of likely N-dealkylation sites (tertiary alicyclic amines) is 2. The number of rotatable bonds is 7. The van der Waals surface area contributed by atoms with Crippen molar-refractivity contribution in [1.82, 2.24) is 9.80 Å². The number of carbonyl (C=O) groups is 3. The second-order valence-electron chi connectivity index (χ2n) is 8.35. The molecule has 2 aromatic rings. The van der Waals surface area contributed by atoms with E-state index in [0.29, 0.717) is 43.7 Å². The predicted octanol–water partition coefficient (Wildman–Crippen LogP) is 3.16. The molecule has 0 radical (unpaired) electrons. The van der Waals surface area contributed by atoms with Crippen LogP contribution in [-0.2, 0) is 32.1 Å². The van der Waals surface area contributed by atoms with Gasteiger partial charge in [-0.3, -0.25) is 14.5 Å². The lowest BCUT2D eigenvalue weighted by molar-refractivity contribution is -0.140. The van der Waals surface area contributed by atoms with Crippen molar-refractivity contribution in [1.29, 1.82) is 0 Å². The van der Waals surface area contributed by atoms with Crippen molar-refractivity contribution in [3.8, 4) is 0 Å². The maximum absolute atomic E-state index is 13.4. The van der Waals surface area contributed by atoms with Gasteiger partial charge in [-0.05, 0) is 54.6 Å². The van der Waals surface area contributed by atoms with Crippen molar-refractivity contribution in [2.75, 3.05) is 18.8 Å². The molecule has 2 heterocycles. The lowest BCUT2D eigenvalue weighted by Crippen LogP contribution is -2.51. The lowest BCUT2D eigenvalue weighted by Gasteiger charge is -2.30. The third kappa shape index (κ3) is 5.57. The summed E-state index contributed by atoms with van der Waals surface area (Å²) in [7, 11) is 0. The van der Waals surface area contributed by atoms with Gasteiger partial charge in [0.2, 0.25) is 11.7 Å². The summed E-state index contributed by atoms with van der Waals surface area (Å²) in [4.78, 5) is 42.7. The van der Waals surface area contributed by atoms with E-state index in [0.717, 1.165) is 5.56 Å². The number of ketones is 1. The van der Waals surface area contributed by atoms with E-state index < -0.39 is 29.4 Å². The fourth-order valence-corrected chi connectivity index (χ4v) is 5.56. The summed E-state index contributed by atoms with van der Waals surface area (Å²) in [5.41, 5.74) is 0.879. The molecule has 0 spiro atoms. The van der Waals surface area contributed by atoms with Crippen molar-refractivity contribution < 1.29 is 23.7 Å². The minimum atomic E-state index is -1.45. The summed E-state index contributed by atoms with van der Waals surface area (Å²) >= 11 is -1.45. The van der Waals surface area contributed by atoms with Crippen molar-refractivity contribution >= 4 is 29.0 Å². The minimum absolute atomic E-state index is 0.119. The molecular formula is C25H28N2O5S. The molecule has 0 bridgehead atoms. The van der Waals surface area contributed by atoms with E-state index in [-0.39, 0.29) is 24.1 Å². The van der Waals surface area contributed by atoms with Crippen LogP contribution in [0.4, 0.5) is 4.79 Å². The normalized spacial score (nSPS) is 21.1. The molecule has 0 aromatic heterocycles. The highest BCUT2D eigenvalue weighted by Crippen LogP contribution is 2.26. The molecule has 4 rings (SSSR count). The number of nitrogens with zero attached hydrogens (tertiary/aromatic N) is 2. The molecule has 2 aromatic carbocycles. The summed E-state index contributed by atoms with van der Waals surface area (Å²) < 4.78 is 18.0. The zero-order chi connectivity index (χ0) is 23.2. The fourth-order valence-electron chi connectivity index (χ4n) is 4.48. The maximum atomic E-state index is 13.4. The molecule has 2 aliphatic rings. The van der Waals surface area contributed by atoms with Crippen LogP contribution in [0.1, 0.15) is 31.2 Å². The maximum Gasteiger partial charge on any atom is 0.410 e. The third-order valence-electron chi connectivity index (χ3n) is 6.16. The number of amides is 2. The average molecular weight is 469 g/mol. The Bertz CT molecular complexity index is 971. The standard InChI is InChI=1S/C25H28N2O5S/c28-23(18-33(31)20-11-5-2-6-12-20)21-13-7-15-26(21)24(29)22-14-8-16-27(22)25(30)32-17-19-9-3-1-4-10-19/h1-6,9-12,21-22H,7-8,13-18H2/t21-,22+,33?/m0/s1. The molecular weight excluding hydrogens is 440 g/mol. The quantitative estimate of drug-likeness (QED) is 0.583. The number of benzene rings is 2. The third-order valence-corrected chi connectivity index (χ3v) is 7.51. The lowest BCUT2D eigenvalue weighted by atomic mass is 10.1. The molecule has 0 N–H and O–H groups in total. The first-order valence-corrected chi connectivity index (χ1v) is 12.6. The van der Waals surface area contributed by atoms with Crippen molar-refractivity contribution in [3.05, 3.63) is 66.2 Å². The molecule has 0 aliphatic carbocycles. The van der Waals surface area contributed by atoms with E-state index in [2.05, 4.69) is 0 Å². The predicted molar refractivity (Wildman–Crippen MR) is 124 cm³/mol. The van der Waals surface area contributed by atoms with Gasteiger partial charge in [0.25, 0.3) is 0 Å². The Morgan fingerprint density at radius 2 is 1.48 bits per heavy atom. The van der Waals surface area contributed by atoms with Crippen molar-refractivity contribution in [3.63, 3.8) is 0 Å². The molecule has 174 valence electrons. The molecule has 7 nitrogen and oxygen atoms in total. The zero-order valence-electron chi connectivity index (χ0n) is 18.4. The number of Topliss-reactive ketones (excluding diaryl/α,β-unsaturated/α-hetero) is 1. The first-order chi connectivity index (χ1) is 16.0. The number of hydrogen-bond acceptors (Lipinski definition) is 5. The summed E-state index contributed by atoms with van der Waals surface area (Å²) in [5.74, 6) is -0.531. The zero-order valence-corrected chi connectivity index (χ0v) is 19.2. The second-order valence-corrected chi connectivity index (χ2v) is 9.80. The monoisotopic (exact) mass is 468 g/mol. The van der Waals surface area contributed by atoms with Gasteiger partial charge in [-0.15, -0.1) is 0 Å². The highest BCUT2D eigenvalue weighted by atomic mass is 32.2. The Hall–Kier alpha value is -2.84. The van der Waals surface area contributed by atoms with E-state index in [1.807, 2.05) is 36.4 Å². The first-order valence-electron chi connectivity index (χ1n) is 11.3. The van der Waals surface area contributed by atoms with Gasteiger partial charge >= 0.3 is 6.09 Å². The molecule has 8 heteroatoms. The van der Waals surface area contributed by atoms with E-state index in [4.69, 9.17) is 4.74 Å². The molecule has 0 saturated carbocycles. The van der Waals surface area contributed by atoms with Crippen molar-refractivity contribution in [2.24, 2.45) is 0 Å². The SMILES string of the molecule is O=C(C[S+]([O-])c1ccccc1)[C@@H]1CCCN1C(=O)[C@H]1CCCN1C(=O)OCc1ccccc1. The van der Waals surface area contributed by atoms with Gasteiger partial charge in [-0.25, -0.2) is 4.79 Å². The number of carbonyl (C=O) groups excluding carboxylic acids is 3. The summed E-state index contributed by atoms with van der Waals surface area (Å²) in [6, 6.07) is 17.1. The van der Waals surface area contributed by atoms with Crippen LogP contribution in [0.5, 0.6) is 0 Å². The molecule has 2 fully saturated rings.